The number of quaternary nitrogens is 1. The number of allylic oxidation sites excluding steroid dienone is 8. The first-order chi connectivity index (χ1) is 27.1. The number of carbonyl (C=O) groups excluding carboxylic acids is 2. The summed E-state index contributed by atoms with van der Waals surface area (Å²) >= 11 is 0. The third kappa shape index (κ3) is 36.9. The van der Waals surface area contributed by atoms with Gasteiger partial charge in [-0.05, 0) is 51.4 Å². The summed E-state index contributed by atoms with van der Waals surface area (Å²) in [4.78, 5) is 37.0. The highest BCUT2D eigenvalue weighted by molar-refractivity contribution is 5.72. The molecule has 0 aliphatic carbocycles. The van der Waals surface area contributed by atoms with E-state index in [4.69, 9.17) is 14.2 Å². The van der Waals surface area contributed by atoms with Crippen molar-refractivity contribution >= 4 is 17.9 Å². The Bertz CT molecular complexity index is 1060. The molecule has 8 nitrogen and oxygen atoms in total. The maximum atomic E-state index is 12.7. The molecule has 0 fully saturated rings. The van der Waals surface area contributed by atoms with Crippen LogP contribution in [0.5, 0.6) is 0 Å². The Kier molecular flexibility index (Phi) is 37.2. The first-order valence-electron chi connectivity index (χ1n) is 22.7. The number of likely N-dealkylation sites (N-methyl/N-ethyl adjacent to an activating group) is 1. The normalized spacial score (nSPS) is 13.4. The zero-order chi connectivity index (χ0) is 41.4. The van der Waals surface area contributed by atoms with Gasteiger partial charge in [0.2, 0.25) is 0 Å². The number of ether oxygens (including phenoxy) is 3. The van der Waals surface area contributed by atoms with E-state index in [1.165, 1.54) is 89.9 Å². The van der Waals surface area contributed by atoms with Crippen molar-refractivity contribution in [2.24, 2.45) is 0 Å². The minimum absolute atomic E-state index is 0.0452. The lowest BCUT2D eigenvalue weighted by atomic mass is 10.0. The van der Waals surface area contributed by atoms with Gasteiger partial charge in [-0.2, -0.15) is 0 Å². The van der Waals surface area contributed by atoms with Crippen molar-refractivity contribution in [3.8, 4) is 0 Å². The summed E-state index contributed by atoms with van der Waals surface area (Å²) in [5, 5.41) is 9.62. The molecule has 0 radical (unpaired) electrons. The van der Waals surface area contributed by atoms with E-state index in [-0.39, 0.29) is 42.7 Å². The lowest BCUT2D eigenvalue weighted by molar-refractivity contribution is -0.887. The predicted octanol–water partition coefficient (Wildman–Crippen LogP) is 12.4. The van der Waals surface area contributed by atoms with Crippen LogP contribution in [0.2, 0.25) is 0 Å². The Morgan fingerprint density at radius 1 is 0.554 bits per heavy atom. The van der Waals surface area contributed by atoms with Crippen LogP contribution in [0.25, 0.3) is 0 Å². The van der Waals surface area contributed by atoms with Gasteiger partial charge in [-0.15, -0.1) is 0 Å². The molecular weight excluding hydrogens is 703 g/mol. The van der Waals surface area contributed by atoms with Gasteiger partial charge >= 0.3 is 17.9 Å². The molecule has 0 saturated carbocycles. The average Bonchev–Trinajstić information content (AvgIpc) is 3.15. The van der Waals surface area contributed by atoms with E-state index < -0.39 is 18.1 Å². The van der Waals surface area contributed by atoms with E-state index in [1.807, 2.05) is 21.1 Å². The monoisotopic (exact) mass is 789 g/mol. The van der Waals surface area contributed by atoms with Crippen molar-refractivity contribution < 1.29 is 38.2 Å². The van der Waals surface area contributed by atoms with Crippen molar-refractivity contribution in [2.75, 3.05) is 41.0 Å². The highest BCUT2D eigenvalue weighted by atomic mass is 16.6. The Labute approximate surface area is 344 Å². The van der Waals surface area contributed by atoms with Gasteiger partial charge in [0.25, 0.3) is 0 Å². The van der Waals surface area contributed by atoms with Crippen LogP contribution in [0, 0.1) is 0 Å². The first-order valence-corrected chi connectivity index (χ1v) is 22.7. The molecule has 0 amide bonds. The van der Waals surface area contributed by atoms with Gasteiger partial charge in [0.15, 0.2) is 12.1 Å². The summed E-state index contributed by atoms with van der Waals surface area (Å²) in [5.41, 5.74) is 0. The minimum atomic E-state index is -0.882. The molecule has 0 aliphatic heterocycles. The van der Waals surface area contributed by atoms with Crippen LogP contribution in [0.15, 0.2) is 48.6 Å². The van der Waals surface area contributed by atoms with E-state index in [1.54, 1.807) is 0 Å². The van der Waals surface area contributed by atoms with Crippen molar-refractivity contribution in [1.29, 1.82) is 0 Å². The quantitative estimate of drug-likeness (QED) is 0.0286. The zero-order valence-corrected chi connectivity index (χ0v) is 36.8. The molecule has 324 valence electrons. The third-order valence-electron chi connectivity index (χ3n) is 9.99. The fourth-order valence-electron chi connectivity index (χ4n) is 6.49. The molecule has 0 spiro atoms. The second-order valence-corrected chi connectivity index (χ2v) is 16.3. The highest BCUT2D eigenvalue weighted by Gasteiger charge is 2.31. The number of hydrogen-bond donors (Lipinski definition) is 1. The van der Waals surface area contributed by atoms with Crippen LogP contribution in [0.1, 0.15) is 187 Å². The SMILES string of the molecule is CC/C=C\C/C=C\C/C=C\C/C=C\CCCCC(=O)OC(COCCC(C(=O)O)[N+](C)(C)C)COC(=O)CCCCCCCCCCCCCCCCCCC. The summed E-state index contributed by atoms with van der Waals surface area (Å²) in [5.74, 6) is -1.52. The lowest BCUT2D eigenvalue weighted by Gasteiger charge is -2.31. The number of hydrogen-bond acceptors (Lipinski definition) is 6. The summed E-state index contributed by atoms with van der Waals surface area (Å²) in [7, 11) is 5.51. The van der Waals surface area contributed by atoms with E-state index in [0.717, 1.165) is 57.8 Å². The average molecular weight is 789 g/mol. The van der Waals surface area contributed by atoms with Crippen LogP contribution in [-0.2, 0) is 28.6 Å². The van der Waals surface area contributed by atoms with Gasteiger partial charge < -0.3 is 23.8 Å². The molecule has 0 aromatic heterocycles. The number of rotatable bonds is 40. The number of carbonyl (C=O) groups is 3. The van der Waals surface area contributed by atoms with E-state index in [0.29, 0.717) is 19.3 Å². The molecule has 2 unspecified atom stereocenters. The lowest BCUT2D eigenvalue weighted by Crippen LogP contribution is -2.50. The molecule has 0 saturated heterocycles. The number of esters is 2. The summed E-state index contributed by atoms with van der Waals surface area (Å²) in [6.07, 6.45) is 45.9. The van der Waals surface area contributed by atoms with Gasteiger partial charge in [-0.25, -0.2) is 4.79 Å². The predicted molar refractivity (Wildman–Crippen MR) is 234 cm³/mol. The fourth-order valence-corrected chi connectivity index (χ4v) is 6.49. The highest BCUT2D eigenvalue weighted by Crippen LogP contribution is 2.15. The van der Waals surface area contributed by atoms with Gasteiger partial charge in [0, 0.05) is 19.3 Å². The third-order valence-corrected chi connectivity index (χ3v) is 9.99. The summed E-state index contributed by atoms with van der Waals surface area (Å²) in [6.45, 7) is 4.59. The summed E-state index contributed by atoms with van der Waals surface area (Å²) < 4.78 is 17.2. The zero-order valence-electron chi connectivity index (χ0n) is 36.8. The largest absolute Gasteiger partial charge is 0.477 e. The topological polar surface area (TPSA) is 99.1 Å². The van der Waals surface area contributed by atoms with Gasteiger partial charge in [-0.3, -0.25) is 9.59 Å². The van der Waals surface area contributed by atoms with E-state index in [9.17, 15) is 19.5 Å². The smallest absolute Gasteiger partial charge is 0.362 e. The number of unbranched alkanes of at least 4 members (excludes halogenated alkanes) is 18. The first kappa shape index (κ1) is 53.3. The Hall–Kier alpha value is -2.71. The van der Waals surface area contributed by atoms with Crippen LogP contribution in [-0.4, -0.2) is 80.6 Å². The molecular formula is C48H86NO7+. The van der Waals surface area contributed by atoms with Crippen LogP contribution < -0.4 is 0 Å². The van der Waals surface area contributed by atoms with Crippen LogP contribution >= 0.6 is 0 Å². The minimum Gasteiger partial charge on any atom is -0.477 e. The Morgan fingerprint density at radius 2 is 1.00 bits per heavy atom. The molecule has 8 heteroatoms. The molecule has 0 aromatic rings. The van der Waals surface area contributed by atoms with Crippen LogP contribution in [0.4, 0.5) is 0 Å². The number of aliphatic carboxylic acids is 1. The van der Waals surface area contributed by atoms with Gasteiger partial charge in [0.1, 0.15) is 6.61 Å². The van der Waals surface area contributed by atoms with Gasteiger partial charge in [-0.1, -0.05) is 165 Å². The standard InChI is InChI=1S/C48H85NO7/c1-6-8-10-12-14-16-18-20-22-23-25-26-28-30-32-34-36-38-46(50)55-43-44(42-54-41-40-45(48(52)53)49(3,4)5)56-47(51)39-37-35-33-31-29-27-24-21-19-17-15-13-11-9-7-2/h9,11,15,17,21,24,29,31,44-45H,6-8,10,12-14,16,18-20,22-23,25-28,30,32-43H2,1-5H3/p+1/b11-9-,17-15-,24-21-,31-29-. The maximum absolute atomic E-state index is 12.7. The Morgan fingerprint density at radius 3 is 1.48 bits per heavy atom. The van der Waals surface area contributed by atoms with E-state index >= 15 is 0 Å². The number of carboxylic acids is 1. The molecule has 2 atom stereocenters. The summed E-state index contributed by atoms with van der Waals surface area (Å²) in [6, 6.07) is -0.622. The van der Waals surface area contributed by atoms with Crippen molar-refractivity contribution in [3.63, 3.8) is 0 Å². The second kappa shape index (κ2) is 39.1. The molecule has 0 aliphatic rings. The van der Waals surface area contributed by atoms with Crippen molar-refractivity contribution in [1.82, 2.24) is 0 Å². The second-order valence-electron chi connectivity index (χ2n) is 16.3. The molecule has 0 bridgehead atoms. The van der Waals surface area contributed by atoms with E-state index in [2.05, 4.69) is 62.5 Å². The molecule has 1 N–H and O–H groups in total. The molecule has 0 aromatic carbocycles. The fraction of sp³-hybridized carbons (Fsp3) is 0.771. The van der Waals surface area contributed by atoms with Gasteiger partial charge in [0.05, 0.1) is 34.4 Å². The van der Waals surface area contributed by atoms with Crippen LogP contribution in [0.3, 0.4) is 0 Å². The van der Waals surface area contributed by atoms with Crippen molar-refractivity contribution in [2.45, 2.75) is 199 Å². The van der Waals surface area contributed by atoms with Crippen molar-refractivity contribution in [3.05, 3.63) is 48.6 Å². The number of carboxylic acid groups (broad SMARTS) is 1. The number of nitrogens with zero attached hydrogens (tertiary/aromatic N) is 1. The Balaban J connectivity index is 4.37. The maximum Gasteiger partial charge on any atom is 0.362 e. The molecule has 0 heterocycles. The molecule has 56 heavy (non-hydrogen) atoms. The molecule has 0 rings (SSSR count).